The first-order valence-electron chi connectivity index (χ1n) is 6.12. The van der Waals surface area contributed by atoms with Crippen LogP contribution in [0.25, 0.3) is 0 Å². The normalized spacial score (nSPS) is 11.9. The van der Waals surface area contributed by atoms with Gasteiger partial charge in [-0.3, -0.25) is 10.1 Å². The predicted molar refractivity (Wildman–Crippen MR) is 74.7 cm³/mol. The Balaban J connectivity index is 2.35. The van der Waals surface area contributed by atoms with Crippen molar-refractivity contribution in [3.63, 3.8) is 0 Å². The molecule has 2 N–H and O–H groups in total. The van der Waals surface area contributed by atoms with Crippen LogP contribution in [0.4, 0.5) is 5.69 Å². The second kappa shape index (κ2) is 5.66. The van der Waals surface area contributed by atoms with Crippen LogP contribution in [-0.2, 0) is 0 Å². The highest BCUT2D eigenvalue weighted by molar-refractivity contribution is 5.49. The van der Waals surface area contributed by atoms with E-state index in [-0.39, 0.29) is 23.4 Å². The number of aryl methyl sites for hydroxylation is 1. The van der Waals surface area contributed by atoms with E-state index in [9.17, 15) is 10.1 Å². The molecule has 1 aromatic heterocycles. The third-order valence-electron chi connectivity index (χ3n) is 2.81. The Labute approximate surface area is 116 Å². The van der Waals surface area contributed by atoms with Crippen molar-refractivity contribution in [3.05, 3.63) is 57.8 Å². The lowest BCUT2D eigenvalue weighted by Crippen LogP contribution is -2.05. The molecule has 0 bridgehead atoms. The van der Waals surface area contributed by atoms with Crippen molar-refractivity contribution in [1.29, 1.82) is 0 Å². The first-order chi connectivity index (χ1) is 9.47. The van der Waals surface area contributed by atoms with Gasteiger partial charge in [-0.25, -0.2) is 4.98 Å². The van der Waals surface area contributed by atoms with Crippen LogP contribution in [0.3, 0.4) is 0 Å². The molecule has 1 heterocycles. The van der Waals surface area contributed by atoms with Crippen molar-refractivity contribution in [2.24, 2.45) is 5.73 Å². The van der Waals surface area contributed by atoms with Crippen LogP contribution in [0.5, 0.6) is 11.6 Å². The van der Waals surface area contributed by atoms with E-state index in [0.29, 0.717) is 0 Å². The Morgan fingerprint density at radius 3 is 2.75 bits per heavy atom. The van der Waals surface area contributed by atoms with E-state index in [1.54, 1.807) is 37.4 Å². The zero-order valence-corrected chi connectivity index (χ0v) is 11.2. The van der Waals surface area contributed by atoms with Gasteiger partial charge in [-0.05, 0) is 37.1 Å². The molecule has 0 aliphatic carbocycles. The van der Waals surface area contributed by atoms with Gasteiger partial charge in [-0.2, -0.15) is 0 Å². The number of nitrogens with two attached hydrogens (primary N) is 1. The van der Waals surface area contributed by atoms with Gasteiger partial charge in [-0.15, -0.1) is 0 Å². The number of nitro benzene ring substituents is 1. The van der Waals surface area contributed by atoms with Gasteiger partial charge in [0.2, 0.25) is 11.6 Å². The summed E-state index contributed by atoms with van der Waals surface area (Å²) in [5, 5.41) is 11.0. The lowest BCUT2D eigenvalue weighted by Gasteiger charge is -2.09. The standard InChI is InChI=1S/C14H15N3O3/c1-9-3-4-13(12(7-9)17(18)19)20-14-8-11(10(2)15)5-6-16-14/h3-8,10H,15H2,1-2H3. The fourth-order valence-electron chi connectivity index (χ4n) is 1.73. The van der Waals surface area contributed by atoms with E-state index in [0.717, 1.165) is 11.1 Å². The summed E-state index contributed by atoms with van der Waals surface area (Å²) in [6.07, 6.45) is 1.56. The molecule has 104 valence electrons. The number of hydrogen-bond donors (Lipinski definition) is 1. The Hall–Kier alpha value is -2.47. The largest absolute Gasteiger partial charge is 0.432 e. The maximum atomic E-state index is 11.0. The van der Waals surface area contributed by atoms with Crippen LogP contribution in [0.2, 0.25) is 0 Å². The Kier molecular flexibility index (Phi) is 3.95. The molecule has 2 aromatic rings. The number of pyridine rings is 1. The van der Waals surface area contributed by atoms with Gasteiger partial charge in [0.1, 0.15) is 0 Å². The van der Waals surface area contributed by atoms with Crippen molar-refractivity contribution in [2.75, 3.05) is 0 Å². The van der Waals surface area contributed by atoms with Gasteiger partial charge in [0, 0.05) is 24.4 Å². The summed E-state index contributed by atoms with van der Waals surface area (Å²) in [5.41, 5.74) is 7.34. The number of nitrogens with zero attached hydrogens (tertiary/aromatic N) is 2. The number of rotatable bonds is 4. The predicted octanol–water partition coefficient (Wildman–Crippen LogP) is 3.11. The van der Waals surface area contributed by atoms with Crippen LogP contribution >= 0.6 is 0 Å². The van der Waals surface area contributed by atoms with Crippen LogP contribution in [-0.4, -0.2) is 9.91 Å². The molecule has 0 amide bonds. The van der Waals surface area contributed by atoms with Crippen molar-refractivity contribution < 1.29 is 9.66 Å². The minimum atomic E-state index is -0.474. The first kappa shape index (κ1) is 14.0. The highest BCUT2D eigenvalue weighted by atomic mass is 16.6. The molecule has 2 rings (SSSR count). The minimum Gasteiger partial charge on any atom is -0.432 e. The highest BCUT2D eigenvalue weighted by Gasteiger charge is 2.16. The molecule has 0 fully saturated rings. The van der Waals surface area contributed by atoms with E-state index in [4.69, 9.17) is 10.5 Å². The summed E-state index contributed by atoms with van der Waals surface area (Å²) in [7, 11) is 0. The maximum Gasteiger partial charge on any atom is 0.311 e. The minimum absolute atomic E-state index is 0.0852. The molecule has 1 aromatic carbocycles. The second-order valence-corrected chi connectivity index (χ2v) is 4.55. The summed E-state index contributed by atoms with van der Waals surface area (Å²) in [5.74, 6) is 0.446. The number of ether oxygens (including phenoxy) is 1. The maximum absolute atomic E-state index is 11.0. The molecule has 0 saturated carbocycles. The van der Waals surface area contributed by atoms with Crippen molar-refractivity contribution in [1.82, 2.24) is 4.98 Å². The fraction of sp³-hybridized carbons (Fsp3) is 0.214. The average molecular weight is 273 g/mol. The quantitative estimate of drug-likeness (QED) is 0.682. The van der Waals surface area contributed by atoms with Gasteiger partial charge in [0.05, 0.1) is 4.92 Å². The molecule has 0 radical (unpaired) electrons. The van der Waals surface area contributed by atoms with Crippen molar-refractivity contribution >= 4 is 5.69 Å². The number of nitro groups is 1. The summed E-state index contributed by atoms with van der Waals surface area (Å²) in [4.78, 5) is 14.6. The topological polar surface area (TPSA) is 91.3 Å². The number of aromatic nitrogens is 1. The Bertz CT molecular complexity index is 641. The smallest absolute Gasteiger partial charge is 0.311 e. The molecule has 6 nitrogen and oxygen atoms in total. The van der Waals surface area contributed by atoms with Crippen LogP contribution in [0.15, 0.2) is 36.5 Å². The molecular weight excluding hydrogens is 258 g/mol. The van der Waals surface area contributed by atoms with Crippen LogP contribution < -0.4 is 10.5 Å². The molecule has 1 unspecified atom stereocenters. The van der Waals surface area contributed by atoms with Crippen molar-refractivity contribution in [2.45, 2.75) is 19.9 Å². The van der Waals surface area contributed by atoms with Gasteiger partial charge >= 0.3 is 5.69 Å². The van der Waals surface area contributed by atoms with Gasteiger partial charge in [0.15, 0.2) is 0 Å². The first-order valence-corrected chi connectivity index (χ1v) is 6.12. The van der Waals surface area contributed by atoms with Gasteiger partial charge < -0.3 is 10.5 Å². The molecule has 0 aliphatic heterocycles. The van der Waals surface area contributed by atoms with Gasteiger partial charge in [0.25, 0.3) is 0 Å². The second-order valence-electron chi connectivity index (χ2n) is 4.55. The Morgan fingerprint density at radius 2 is 2.10 bits per heavy atom. The third kappa shape index (κ3) is 3.10. The Morgan fingerprint density at radius 1 is 1.35 bits per heavy atom. The fourth-order valence-corrected chi connectivity index (χ4v) is 1.73. The van der Waals surface area contributed by atoms with Crippen molar-refractivity contribution in [3.8, 4) is 11.6 Å². The van der Waals surface area contributed by atoms with E-state index in [1.165, 1.54) is 6.07 Å². The number of hydrogen-bond acceptors (Lipinski definition) is 5. The zero-order valence-electron chi connectivity index (χ0n) is 11.2. The zero-order chi connectivity index (χ0) is 14.7. The number of benzene rings is 1. The lowest BCUT2D eigenvalue weighted by atomic mass is 10.1. The molecule has 0 saturated heterocycles. The molecule has 0 aliphatic rings. The van der Waals surface area contributed by atoms with Crippen LogP contribution in [0, 0.1) is 17.0 Å². The monoisotopic (exact) mass is 273 g/mol. The average Bonchev–Trinajstić information content (AvgIpc) is 2.41. The summed E-state index contributed by atoms with van der Waals surface area (Å²) in [6.45, 7) is 3.62. The molecule has 6 heteroatoms. The van der Waals surface area contributed by atoms with E-state index in [2.05, 4.69) is 4.98 Å². The molecule has 20 heavy (non-hydrogen) atoms. The van der Waals surface area contributed by atoms with E-state index < -0.39 is 4.92 Å². The molecule has 1 atom stereocenters. The van der Waals surface area contributed by atoms with Gasteiger partial charge in [-0.1, -0.05) is 6.07 Å². The summed E-state index contributed by atoms with van der Waals surface area (Å²) in [6, 6.07) is 8.07. The summed E-state index contributed by atoms with van der Waals surface area (Å²) >= 11 is 0. The summed E-state index contributed by atoms with van der Waals surface area (Å²) < 4.78 is 5.51. The van der Waals surface area contributed by atoms with E-state index >= 15 is 0 Å². The van der Waals surface area contributed by atoms with E-state index in [1.807, 2.05) is 6.92 Å². The third-order valence-corrected chi connectivity index (χ3v) is 2.81. The molecule has 0 spiro atoms. The highest BCUT2D eigenvalue weighted by Crippen LogP contribution is 2.31. The SMILES string of the molecule is Cc1ccc(Oc2cc(C(C)N)ccn2)c([N+](=O)[O-])c1. The van der Waals surface area contributed by atoms with Crippen LogP contribution in [0.1, 0.15) is 24.1 Å². The molecular formula is C14H15N3O3. The lowest BCUT2D eigenvalue weighted by molar-refractivity contribution is -0.385.